The Labute approximate surface area is 56.7 Å². The first-order valence-electron chi connectivity index (χ1n) is 2.24. The summed E-state index contributed by atoms with van der Waals surface area (Å²) in [6.07, 6.45) is 0.635. The summed E-state index contributed by atoms with van der Waals surface area (Å²) in [5.41, 5.74) is 0. The van der Waals surface area contributed by atoms with E-state index in [2.05, 4.69) is 20.0 Å². The number of hydrogen-bond donors (Lipinski definition) is 1. The number of hydrogen-bond acceptors (Lipinski definition) is 5. The zero-order valence-electron chi connectivity index (χ0n) is 4.58. The van der Waals surface area contributed by atoms with Gasteiger partial charge < -0.3 is 0 Å². The zero-order valence-corrected chi connectivity index (χ0v) is 5.34. The van der Waals surface area contributed by atoms with Crippen LogP contribution in [0, 0.1) is 0 Å². The number of rotatable bonds is 6. The van der Waals surface area contributed by atoms with Crippen molar-refractivity contribution in [3.05, 3.63) is 0 Å². The standard InChI is InChI=1S/C3H7ClO5/c4-2-1-3-6-8-9-7-5/h5H,1-3H2. The van der Waals surface area contributed by atoms with Crippen molar-refractivity contribution in [3.8, 4) is 0 Å². The van der Waals surface area contributed by atoms with Crippen LogP contribution in [0.4, 0.5) is 0 Å². The molecular formula is C3H7ClO5. The molecule has 0 saturated heterocycles. The Kier molecular flexibility index (Phi) is 8.17. The first-order chi connectivity index (χ1) is 4.41. The minimum Gasteiger partial charge on any atom is -0.219 e. The Morgan fingerprint density at radius 2 is 2.11 bits per heavy atom. The van der Waals surface area contributed by atoms with E-state index in [4.69, 9.17) is 16.9 Å². The minimum absolute atomic E-state index is 0.285. The lowest BCUT2D eigenvalue weighted by Gasteiger charge is -1.95. The summed E-state index contributed by atoms with van der Waals surface area (Å²) in [4.78, 5) is 4.22. The van der Waals surface area contributed by atoms with Gasteiger partial charge in [-0.1, -0.05) is 0 Å². The predicted octanol–water partition coefficient (Wildman–Crippen LogP) is 0.900. The molecule has 0 fully saturated rings. The van der Waals surface area contributed by atoms with Crippen LogP contribution < -0.4 is 0 Å². The van der Waals surface area contributed by atoms with Crippen molar-refractivity contribution in [2.24, 2.45) is 0 Å². The van der Waals surface area contributed by atoms with E-state index >= 15 is 0 Å². The van der Waals surface area contributed by atoms with Crippen molar-refractivity contribution >= 4 is 11.6 Å². The average molecular weight is 159 g/mol. The fourth-order valence-electron chi connectivity index (χ4n) is 0.180. The summed E-state index contributed by atoms with van der Waals surface area (Å²) in [6, 6.07) is 0. The maximum absolute atomic E-state index is 7.47. The molecule has 6 heteroatoms. The van der Waals surface area contributed by atoms with Crippen LogP contribution >= 0.6 is 11.6 Å². The second-order valence-electron chi connectivity index (χ2n) is 1.08. The molecule has 0 spiro atoms. The molecule has 5 nitrogen and oxygen atoms in total. The molecule has 0 aromatic carbocycles. The van der Waals surface area contributed by atoms with Crippen LogP contribution in [0.15, 0.2) is 0 Å². The Hall–Kier alpha value is 0.0900. The Balaban J connectivity index is 2.60. The van der Waals surface area contributed by atoms with Gasteiger partial charge in [0.25, 0.3) is 0 Å². The van der Waals surface area contributed by atoms with E-state index in [-0.39, 0.29) is 6.61 Å². The molecule has 1 N–H and O–H groups in total. The van der Waals surface area contributed by atoms with E-state index in [0.717, 1.165) is 0 Å². The van der Waals surface area contributed by atoms with Crippen molar-refractivity contribution < 1.29 is 25.3 Å². The lowest BCUT2D eigenvalue weighted by molar-refractivity contribution is -0.702. The third-order valence-electron chi connectivity index (χ3n) is 0.468. The van der Waals surface area contributed by atoms with Crippen molar-refractivity contribution in [1.29, 1.82) is 0 Å². The SMILES string of the molecule is OOOOOCCCCl. The first-order valence-corrected chi connectivity index (χ1v) is 2.77. The largest absolute Gasteiger partial charge is 0.219 e. The van der Waals surface area contributed by atoms with Crippen LogP contribution in [-0.4, -0.2) is 17.7 Å². The predicted molar refractivity (Wildman–Crippen MR) is 27.2 cm³/mol. The van der Waals surface area contributed by atoms with Gasteiger partial charge in [-0.2, -0.15) is 0 Å². The van der Waals surface area contributed by atoms with Crippen LogP contribution in [0.3, 0.4) is 0 Å². The average Bonchev–Trinajstić information content (AvgIpc) is 1.89. The molecule has 0 aliphatic rings. The smallest absolute Gasteiger partial charge is 0.0866 e. The molecule has 0 aliphatic carbocycles. The van der Waals surface area contributed by atoms with E-state index in [9.17, 15) is 0 Å². The third kappa shape index (κ3) is 8.09. The van der Waals surface area contributed by atoms with Gasteiger partial charge in [0.2, 0.25) is 0 Å². The van der Waals surface area contributed by atoms with Gasteiger partial charge in [-0.25, -0.2) is 10.1 Å². The molecule has 0 rings (SSSR count). The summed E-state index contributed by atoms with van der Waals surface area (Å²) >= 11 is 5.26. The monoisotopic (exact) mass is 158 g/mol. The molecule has 0 amide bonds. The fraction of sp³-hybridized carbons (Fsp3) is 1.00. The maximum atomic E-state index is 7.47. The van der Waals surface area contributed by atoms with Gasteiger partial charge in [-0.3, -0.25) is 0 Å². The van der Waals surface area contributed by atoms with E-state index in [1.807, 2.05) is 0 Å². The van der Waals surface area contributed by atoms with Crippen LogP contribution in [0.25, 0.3) is 0 Å². The molecular weight excluding hydrogens is 151 g/mol. The van der Waals surface area contributed by atoms with Gasteiger partial charge in [0.05, 0.1) is 6.61 Å². The summed E-state index contributed by atoms with van der Waals surface area (Å²) in [6.45, 7) is 0.285. The molecule has 0 atom stereocenters. The Morgan fingerprint density at radius 3 is 2.67 bits per heavy atom. The summed E-state index contributed by atoms with van der Waals surface area (Å²) in [7, 11) is 0. The van der Waals surface area contributed by atoms with E-state index in [0.29, 0.717) is 12.3 Å². The lowest BCUT2D eigenvalue weighted by Crippen LogP contribution is -1.98. The van der Waals surface area contributed by atoms with E-state index < -0.39 is 0 Å². The fourth-order valence-corrected chi connectivity index (χ4v) is 0.289. The molecule has 0 radical (unpaired) electrons. The van der Waals surface area contributed by atoms with Crippen LogP contribution in [-0.2, 0) is 20.0 Å². The van der Waals surface area contributed by atoms with Gasteiger partial charge in [0, 0.05) is 5.88 Å². The van der Waals surface area contributed by atoms with Crippen LogP contribution in [0.2, 0.25) is 0 Å². The Morgan fingerprint density at radius 1 is 1.33 bits per heavy atom. The minimum atomic E-state index is 0.285. The van der Waals surface area contributed by atoms with Crippen LogP contribution in [0.5, 0.6) is 0 Å². The normalized spacial score (nSPS) is 10.0. The highest BCUT2D eigenvalue weighted by atomic mass is 35.5. The zero-order chi connectivity index (χ0) is 6.95. The molecule has 0 aromatic rings. The number of alkyl halides is 1. The summed E-state index contributed by atoms with van der Waals surface area (Å²) in [5, 5.41) is 17.7. The molecule has 0 unspecified atom stereocenters. The quantitative estimate of drug-likeness (QED) is 0.269. The highest BCUT2D eigenvalue weighted by Gasteiger charge is 1.87. The van der Waals surface area contributed by atoms with Gasteiger partial charge in [0.1, 0.15) is 0 Å². The third-order valence-corrected chi connectivity index (χ3v) is 0.735. The van der Waals surface area contributed by atoms with E-state index in [1.54, 1.807) is 0 Å². The first kappa shape index (κ1) is 9.09. The highest BCUT2D eigenvalue weighted by molar-refractivity contribution is 6.17. The van der Waals surface area contributed by atoms with E-state index in [1.165, 1.54) is 0 Å². The molecule has 0 saturated carbocycles. The Bertz CT molecular complexity index is 45.5. The summed E-state index contributed by atoms with van der Waals surface area (Å²) < 4.78 is 0. The van der Waals surface area contributed by atoms with Gasteiger partial charge in [-0.15, -0.1) is 11.6 Å². The molecule has 0 aromatic heterocycles. The topological polar surface area (TPSA) is 57.2 Å². The highest BCUT2D eigenvalue weighted by Crippen LogP contribution is 1.87. The van der Waals surface area contributed by atoms with Gasteiger partial charge >= 0.3 is 0 Å². The lowest BCUT2D eigenvalue weighted by atomic mass is 10.5. The van der Waals surface area contributed by atoms with Crippen molar-refractivity contribution in [3.63, 3.8) is 0 Å². The van der Waals surface area contributed by atoms with Crippen LogP contribution in [0.1, 0.15) is 6.42 Å². The van der Waals surface area contributed by atoms with Gasteiger partial charge in [-0.05, 0) is 21.5 Å². The second kappa shape index (κ2) is 8.09. The molecule has 0 aliphatic heterocycles. The van der Waals surface area contributed by atoms with Gasteiger partial charge in [0.15, 0.2) is 0 Å². The molecule has 9 heavy (non-hydrogen) atoms. The van der Waals surface area contributed by atoms with Crippen molar-refractivity contribution in [2.75, 3.05) is 12.5 Å². The number of halogens is 1. The molecule has 0 heterocycles. The second-order valence-corrected chi connectivity index (χ2v) is 1.45. The molecule has 56 valence electrons. The van der Waals surface area contributed by atoms with Crippen molar-refractivity contribution in [1.82, 2.24) is 0 Å². The maximum Gasteiger partial charge on any atom is 0.0866 e. The summed E-state index contributed by atoms with van der Waals surface area (Å²) in [5.74, 6) is 0.476. The van der Waals surface area contributed by atoms with Crippen molar-refractivity contribution in [2.45, 2.75) is 6.42 Å². The molecule has 0 bridgehead atoms.